The van der Waals surface area contributed by atoms with E-state index < -0.39 is 0 Å². The van der Waals surface area contributed by atoms with E-state index in [4.69, 9.17) is 26.5 Å². The second-order valence-corrected chi connectivity index (χ2v) is 16.5. The Kier molecular flexibility index (Phi) is 11.2. The summed E-state index contributed by atoms with van der Waals surface area (Å²) in [5, 5.41) is 7.77. The fraction of sp³-hybridized carbons (Fsp3) is 0.0159. The highest BCUT2D eigenvalue weighted by molar-refractivity contribution is 6.15. The number of allylic oxidation sites excluding steroid dienone is 4. The molecule has 0 saturated heterocycles. The summed E-state index contributed by atoms with van der Waals surface area (Å²) in [6, 6.07) is 76.3. The summed E-state index contributed by atoms with van der Waals surface area (Å²) in [7, 11) is 0. The zero-order valence-corrected chi connectivity index (χ0v) is 37.3. The van der Waals surface area contributed by atoms with Crippen LogP contribution in [-0.2, 0) is 0 Å². The van der Waals surface area contributed by atoms with Gasteiger partial charge in [-0.3, -0.25) is 0 Å². The van der Waals surface area contributed by atoms with Gasteiger partial charge in [-0.15, -0.1) is 6.42 Å². The number of aromatic nitrogens is 5. The first-order valence-corrected chi connectivity index (χ1v) is 22.7. The molecule has 0 unspecified atom stereocenters. The van der Waals surface area contributed by atoms with E-state index in [1.54, 1.807) is 6.08 Å². The van der Waals surface area contributed by atoms with E-state index in [1.807, 2.05) is 37.3 Å². The number of pyridine rings is 1. The minimum Gasteiger partial charge on any atom is -0.231 e. The predicted molar refractivity (Wildman–Crippen MR) is 281 cm³/mol. The van der Waals surface area contributed by atoms with Crippen LogP contribution in [-0.4, -0.2) is 24.6 Å². The van der Waals surface area contributed by atoms with E-state index >= 15 is 0 Å². The smallest absolute Gasteiger partial charge is 0.164 e. The molecule has 0 spiro atoms. The molecule has 11 rings (SSSR count). The molecule has 0 saturated carbocycles. The third kappa shape index (κ3) is 7.87. The number of hydrogen-bond donors (Lipinski definition) is 0. The normalized spacial score (nSPS) is 11.6. The summed E-state index contributed by atoms with van der Waals surface area (Å²) >= 11 is 0. The molecule has 3 heterocycles. The number of terminal acetylenes is 1. The summed E-state index contributed by atoms with van der Waals surface area (Å²) in [5.74, 6) is 4.25. The van der Waals surface area contributed by atoms with Gasteiger partial charge >= 0.3 is 0 Å². The zero-order valence-electron chi connectivity index (χ0n) is 37.3. The van der Waals surface area contributed by atoms with Gasteiger partial charge in [-0.05, 0) is 82.1 Å². The lowest BCUT2D eigenvalue weighted by Crippen LogP contribution is -2.03. The number of nitrogens with zero attached hydrogens (tertiary/aromatic N) is 5. The van der Waals surface area contributed by atoms with Gasteiger partial charge in [0.2, 0.25) is 0 Å². The second kappa shape index (κ2) is 18.3. The topological polar surface area (TPSA) is 56.0 Å². The summed E-state index contributed by atoms with van der Waals surface area (Å²) in [6.07, 6.45) is 11.3. The van der Waals surface area contributed by atoms with Gasteiger partial charge < -0.3 is 0 Å². The van der Waals surface area contributed by atoms with E-state index in [1.165, 1.54) is 0 Å². The van der Waals surface area contributed by atoms with Crippen LogP contribution in [0.2, 0.25) is 0 Å². The van der Waals surface area contributed by atoms with E-state index in [9.17, 15) is 0 Å². The van der Waals surface area contributed by atoms with Crippen LogP contribution in [0.1, 0.15) is 12.7 Å². The van der Waals surface area contributed by atoms with E-state index in [0.29, 0.717) is 17.5 Å². The summed E-state index contributed by atoms with van der Waals surface area (Å²) < 4.78 is 2.17. The van der Waals surface area contributed by atoms with Crippen molar-refractivity contribution in [3.8, 4) is 102 Å². The predicted octanol–water partition coefficient (Wildman–Crippen LogP) is 15.6. The highest BCUT2D eigenvalue weighted by Gasteiger charge is 2.26. The molecular formula is C63H43N5. The number of benzene rings is 8. The van der Waals surface area contributed by atoms with Gasteiger partial charge in [-0.25, -0.2) is 19.5 Å². The van der Waals surface area contributed by atoms with Crippen molar-refractivity contribution in [1.82, 2.24) is 24.6 Å². The maximum absolute atomic E-state index is 5.74. The maximum Gasteiger partial charge on any atom is 0.164 e. The van der Waals surface area contributed by atoms with Crippen molar-refractivity contribution in [3.05, 3.63) is 242 Å². The highest BCUT2D eigenvalue weighted by Crippen LogP contribution is 2.46. The van der Waals surface area contributed by atoms with Crippen LogP contribution < -0.4 is 0 Å². The molecule has 8 aromatic carbocycles. The molecule has 5 nitrogen and oxygen atoms in total. The van der Waals surface area contributed by atoms with Gasteiger partial charge in [0, 0.05) is 44.3 Å². The Balaban J connectivity index is 1.17. The average Bonchev–Trinajstić information content (AvgIpc) is 3.83. The SMILES string of the molecule is C#C/C=C\C(=C/C)c1nc(-c2cc(-c3ccccc3)cc(-c3ccccc3)c2)nc(-c2cccc(-c3c(-c4ccccc4)n4nc(-c5ccccc5)c(-c5ccccc5)c4c4ccccc34)c2)n1. The Bertz CT molecular complexity index is 3660. The van der Waals surface area contributed by atoms with Gasteiger partial charge in [0.05, 0.1) is 11.2 Å². The van der Waals surface area contributed by atoms with Gasteiger partial charge in [-0.1, -0.05) is 206 Å². The molecule has 0 bridgehead atoms. The lowest BCUT2D eigenvalue weighted by Gasteiger charge is -2.18. The molecular weight excluding hydrogens is 827 g/mol. The van der Waals surface area contributed by atoms with E-state index in [-0.39, 0.29) is 0 Å². The summed E-state index contributed by atoms with van der Waals surface area (Å²) in [4.78, 5) is 15.7. The third-order valence-electron chi connectivity index (χ3n) is 12.3. The average molecular weight is 870 g/mol. The Morgan fingerprint density at radius 2 is 0.912 bits per heavy atom. The molecule has 3 aromatic heterocycles. The molecule has 0 radical (unpaired) electrons. The second-order valence-electron chi connectivity index (χ2n) is 16.5. The molecule has 0 aliphatic carbocycles. The number of hydrogen-bond acceptors (Lipinski definition) is 4. The molecule has 0 aliphatic rings. The van der Waals surface area contributed by atoms with Crippen LogP contribution in [0.4, 0.5) is 0 Å². The van der Waals surface area contributed by atoms with Crippen LogP contribution >= 0.6 is 0 Å². The summed E-state index contributed by atoms with van der Waals surface area (Å²) in [5.41, 5.74) is 16.1. The standard InChI is InChI=1S/C63H43N5/c1-3-5-24-43(4-2)61-64-62(66-63(65-61)53-41-51(44-25-11-6-12-26-44)40-52(42-53)45-27-13-7-14-28-45)50-36-23-35-49(39-50)56-54-37-21-22-38-55(54)60-57(46-29-15-8-16-30-46)58(47-31-17-9-18-32-47)67-68(60)59(56)48-33-19-10-20-34-48/h1,4-42H,2H3/b24-5-,43-4+. The Labute approximate surface area is 396 Å². The number of fused-ring (bicyclic) bond motifs is 3. The fourth-order valence-electron chi connectivity index (χ4n) is 9.17. The lowest BCUT2D eigenvalue weighted by molar-refractivity contribution is 0.981. The number of rotatable bonds is 10. The van der Waals surface area contributed by atoms with Gasteiger partial charge in [0.15, 0.2) is 17.5 Å². The molecule has 0 aliphatic heterocycles. The van der Waals surface area contributed by atoms with Crippen molar-refractivity contribution in [3.63, 3.8) is 0 Å². The van der Waals surface area contributed by atoms with Gasteiger partial charge in [0.1, 0.15) is 5.69 Å². The fourth-order valence-corrected chi connectivity index (χ4v) is 9.17. The largest absolute Gasteiger partial charge is 0.231 e. The third-order valence-corrected chi connectivity index (χ3v) is 12.3. The quantitative estimate of drug-likeness (QED) is 0.101. The molecule has 11 aromatic rings. The first-order chi connectivity index (χ1) is 33.6. The molecule has 0 N–H and O–H groups in total. The minimum atomic E-state index is 0.519. The van der Waals surface area contributed by atoms with Gasteiger partial charge in [0.25, 0.3) is 0 Å². The Hall–Kier alpha value is -9.24. The molecule has 0 fully saturated rings. The van der Waals surface area contributed by atoms with Crippen molar-refractivity contribution < 1.29 is 0 Å². The Morgan fingerprint density at radius 3 is 1.50 bits per heavy atom. The molecule has 68 heavy (non-hydrogen) atoms. The lowest BCUT2D eigenvalue weighted by atomic mass is 9.90. The Morgan fingerprint density at radius 1 is 0.441 bits per heavy atom. The summed E-state index contributed by atoms with van der Waals surface area (Å²) in [6.45, 7) is 1.97. The van der Waals surface area contributed by atoms with Crippen LogP contribution in [0, 0.1) is 12.3 Å². The molecule has 320 valence electrons. The maximum atomic E-state index is 5.74. The van der Waals surface area contributed by atoms with E-state index in [2.05, 4.69) is 211 Å². The van der Waals surface area contributed by atoms with Crippen LogP contribution in [0.25, 0.3) is 112 Å². The monoisotopic (exact) mass is 869 g/mol. The minimum absolute atomic E-state index is 0.519. The molecule has 0 atom stereocenters. The van der Waals surface area contributed by atoms with Gasteiger partial charge in [-0.2, -0.15) is 5.10 Å². The zero-order chi connectivity index (χ0) is 45.8. The van der Waals surface area contributed by atoms with Crippen molar-refractivity contribution in [2.75, 3.05) is 0 Å². The first-order valence-electron chi connectivity index (χ1n) is 22.7. The highest BCUT2D eigenvalue weighted by atomic mass is 15.2. The van der Waals surface area contributed by atoms with Crippen molar-refractivity contribution in [2.24, 2.45) is 0 Å². The van der Waals surface area contributed by atoms with E-state index in [0.717, 1.165) is 100 Å². The van der Waals surface area contributed by atoms with Crippen LogP contribution in [0.15, 0.2) is 237 Å². The van der Waals surface area contributed by atoms with Crippen LogP contribution in [0.5, 0.6) is 0 Å². The van der Waals surface area contributed by atoms with Crippen molar-refractivity contribution in [2.45, 2.75) is 6.92 Å². The molecule has 0 amide bonds. The van der Waals surface area contributed by atoms with Crippen LogP contribution in [0.3, 0.4) is 0 Å². The van der Waals surface area contributed by atoms with Crippen molar-refractivity contribution in [1.29, 1.82) is 0 Å². The first kappa shape index (κ1) is 41.5. The molecule has 5 heteroatoms. The van der Waals surface area contributed by atoms with Crippen molar-refractivity contribution >= 4 is 21.9 Å².